The van der Waals surface area contributed by atoms with Gasteiger partial charge in [-0.25, -0.2) is 9.98 Å². The molecule has 0 radical (unpaired) electrons. The van der Waals surface area contributed by atoms with Gasteiger partial charge in [0, 0.05) is 0 Å². The first-order valence-corrected chi connectivity index (χ1v) is 10.0. The molecule has 0 aliphatic carbocycles. The predicted molar refractivity (Wildman–Crippen MR) is 114 cm³/mol. The summed E-state index contributed by atoms with van der Waals surface area (Å²) in [5, 5.41) is 0. The fourth-order valence-corrected chi connectivity index (χ4v) is 4.09. The molecule has 0 N–H and O–H groups in total. The molecule has 2 aliphatic heterocycles. The number of benzene rings is 2. The number of ether oxygens (including phenoxy) is 2. The zero-order valence-electron chi connectivity index (χ0n) is 17.2. The Hall–Kier alpha value is -2.62. The van der Waals surface area contributed by atoms with Crippen LogP contribution in [-0.2, 0) is 22.3 Å². The van der Waals surface area contributed by atoms with Crippen molar-refractivity contribution in [3.8, 4) is 0 Å². The summed E-state index contributed by atoms with van der Waals surface area (Å²) in [6.45, 7) is 9.81. The van der Waals surface area contributed by atoms with Gasteiger partial charge in [0.15, 0.2) is 0 Å². The average Bonchev–Trinajstić information content (AvgIpc) is 3.31. The first kappa shape index (κ1) is 18.7. The monoisotopic (exact) mass is 376 g/mol. The minimum atomic E-state index is 0.124. The SMILES string of the molecule is Cc1cccc(C)c1CC1COC(C2=N[C@@H](Cc3c(C)cccc3C)CO2)=N1. The Morgan fingerprint density at radius 3 is 1.39 bits per heavy atom. The zero-order valence-corrected chi connectivity index (χ0v) is 17.2. The minimum Gasteiger partial charge on any atom is -0.472 e. The Morgan fingerprint density at radius 2 is 1.04 bits per heavy atom. The second-order valence-corrected chi connectivity index (χ2v) is 7.95. The van der Waals surface area contributed by atoms with Crippen LogP contribution >= 0.6 is 0 Å². The van der Waals surface area contributed by atoms with Gasteiger partial charge in [0.05, 0.1) is 12.1 Å². The van der Waals surface area contributed by atoms with E-state index in [1.807, 2.05) is 0 Å². The average molecular weight is 377 g/mol. The molecule has 0 saturated heterocycles. The molecule has 4 heteroatoms. The third-order valence-corrected chi connectivity index (χ3v) is 5.78. The minimum absolute atomic E-state index is 0.124. The molecule has 0 saturated carbocycles. The van der Waals surface area contributed by atoms with Gasteiger partial charge in [0.2, 0.25) is 0 Å². The van der Waals surface area contributed by atoms with Crippen LogP contribution in [0.1, 0.15) is 33.4 Å². The van der Waals surface area contributed by atoms with Crippen LogP contribution < -0.4 is 0 Å². The number of aliphatic imine (C=N–C) groups is 2. The van der Waals surface area contributed by atoms with Crippen molar-refractivity contribution in [2.75, 3.05) is 13.2 Å². The standard InChI is InChI=1S/C24H28N2O2/c1-15-7-5-8-16(2)21(15)11-19-13-27-23(25-19)24-26-20(14-28-24)12-22-17(3)9-6-10-18(22)4/h5-10,19-20H,11-14H2,1-4H3/t19-,20?/m0/s1. The van der Waals surface area contributed by atoms with Gasteiger partial charge in [-0.1, -0.05) is 36.4 Å². The fourth-order valence-electron chi connectivity index (χ4n) is 4.09. The molecular weight excluding hydrogens is 348 g/mol. The number of rotatable bonds is 5. The van der Waals surface area contributed by atoms with Gasteiger partial charge < -0.3 is 9.47 Å². The molecule has 0 amide bonds. The molecule has 2 aromatic carbocycles. The molecule has 2 heterocycles. The first-order valence-electron chi connectivity index (χ1n) is 10.0. The van der Waals surface area contributed by atoms with Crippen molar-refractivity contribution in [2.24, 2.45) is 9.98 Å². The summed E-state index contributed by atoms with van der Waals surface area (Å²) in [5.74, 6) is 1.14. The molecule has 2 atom stereocenters. The second-order valence-electron chi connectivity index (χ2n) is 7.95. The molecule has 0 bridgehead atoms. The molecule has 4 nitrogen and oxygen atoms in total. The van der Waals surface area contributed by atoms with Gasteiger partial charge in [-0.15, -0.1) is 0 Å². The first-order chi connectivity index (χ1) is 13.5. The van der Waals surface area contributed by atoms with Gasteiger partial charge in [0.1, 0.15) is 13.2 Å². The van der Waals surface area contributed by atoms with E-state index in [4.69, 9.17) is 19.5 Å². The van der Waals surface area contributed by atoms with Crippen molar-refractivity contribution in [2.45, 2.75) is 52.6 Å². The molecule has 2 aromatic rings. The van der Waals surface area contributed by atoms with Gasteiger partial charge in [-0.05, 0) is 73.9 Å². The number of hydrogen-bond acceptors (Lipinski definition) is 4. The van der Waals surface area contributed by atoms with Crippen molar-refractivity contribution < 1.29 is 9.47 Å². The summed E-state index contributed by atoms with van der Waals surface area (Å²) >= 11 is 0. The summed E-state index contributed by atoms with van der Waals surface area (Å²) in [6, 6.07) is 13.1. The van der Waals surface area contributed by atoms with Crippen LogP contribution in [0.4, 0.5) is 0 Å². The molecule has 1 unspecified atom stereocenters. The largest absolute Gasteiger partial charge is 0.472 e. The van der Waals surface area contributed by atoms with Gasteiger partial charge in [0.25, 0.3) is 11.8 Å². The van der Waals surface area contributed by atoms with Crippen LogP contribution in [0.5, 0.6) is 0 Å². The summed E-state index contributed by atoms with van der Waals surface area (Å²) in [5.41, 5.74) is 7.98. The van der Waals surface area contributed by atoms with Crippen LogP contribution in [0, 0.1) is 27.7 Å². The molecule has 4 rings (SSSR count). The van der Waals surface area contributed by atoms with E-state index in [0.717, 1.165) is 12.8 Å². The molecule has 0 fully saturated rings. The summed E-state index contributed by atoms with van der Waals surface area (Å²) in [7, 11) is 0. The Morgan fingerprint density at radius 1 is 0.679 bits per heavy atom. The molecule has 0 spiro atoms. The highest BCUT2D eigenvalue weighted by Gasteiger charge is 2.30. The van der Waals surface area contributed by atoms with Gasteiger partial charge in [-0.2, -0.15) is 0 Å². The summed E-state index contributed by atoms with van der Waals surface area (Å²) in [6.07, 6.45) is 1.78. The maximum Gasteiger partial charge on any atom is 0.273 e. The van der Waals surface area contributed by atoms with Crippen LogP contribution in [-0.4, -0.2) is 37.1 Å². The topological polar surface area (TPSA) is 43.2 Å². The van der Waals surface area contributed by atoms with Gasteiger partial charge in [-0.3, -0.25) is 0 Å². The quantitative estimate of drug-likeness (QED) is 0.781. The highest BCUT2D eigenvalue weighted by atomic mass is 16.5. The zero-order chi connectivity index (χ0) is 19.7. The lowest BCUT2D eigenvalue weighted by Crippen LogP contribution is -2.14. The van der Waals surface area contributed by atoms with E-state index in [1.165, 1.54) is 33.4 Å². The van der Waals surface area contributed by atoms with E-state index in [2.05, 4.69) is 64.1 Å². The normalized spacial score (nSPS) is 21.1. The van der Waals surface area contributed by atoms with Crippen LogP contribution in [0.2, 0.25) is 0 Å². The van der Waals surface area contributed by atoms with Crippen molar-refractivity contribution in [3.63, 3.8) is 0 Å². The van der Waals surface area contributed by atoms with Crippen LogP contribution in [0.15, 0.2) is 46.4 Å². The van der Waals surface area contributed by atoms with Gasteiger partial charge >= 0.3 is 0 Å². The lowest BCUT2D eigenvalue weighted by Gasteiger charge is -2.11. The molecule has 2 aliphatic rings. The Balaban J connectivity index is 1.45. The Bertz CT molecular complexity index is 828. The van der Waals surface area contributed by atoms with Crippen LogP contribution in [0.3, 0.4) is 0 Å². The van der Waals surface area contributed by atoms with E-state index < -0.39 is 0 Å². The maximum atomic E-state index is 5.84. The van der Waals surface area contributed by atoms with E-state index in [-0.39, 0.29) is 12.1 Å². The molecule has 28 heavy (non-hydrogen) atoms. The third kappa shape index (κ3) is 3.82. The molecule has 146 valence electrons. The van der Waals surface area contributed by atoms with E-state index in [1.54, 1.807) is 0 Å². The number of hydrogen-bond donors (Lipinski definition) is 0. The lowest BCUT2D eigenvalue weighted by molar-refractivity contribution is 0.293. The third-order valence-electron chi connectivity index (χ3n) is 5.78. The molecule has 0 aromatic heterocycles. The maximum absolute atomic E-state index is 5.84. The second kappa shape index (κ2) is 7.78. The highest BCUT2D eigenvalue weighted by molar-refractivity contribution is 6.36. The smallest absolute Gasteiger partial charge is 0.273 e. The van der Waals surface area contributed by atoms with Crippen molar-refractivity contribution >= 4 is 11.8 Å². The summed E-state index contributed by atoms with van der Waals surface area (Å²) < 4.78 is 11.7. The number of aryl methyl sites for hydroxylation is 4. The van der Waals surface area contributed by atoms with Crippen LogP contribution in [0.25, 0.3) is 0 Å². The Kier molecular flexibility index (Phi) is 5.21. The number of nitrogens with zero attached hydrogens (tertiary/aromatic N) is 2. The predicted octanol–water partition coefficient (Wildman–Crippen LogP) is 4.30. The van der Waals surface area contributed by atoms with E-state index in [0.29, 0.717) is 25.0 Å². The molecular formula is C24H28N2O2. The highest BCUT2D eigenvalue weighted by Crippen LogP contribution is 2.22. The Labute approximate surface area is 167 Å². The summed E-state index contributed by atoms with van der Waals surface area (Å²) in [4.78, 5) is 9.53. The van der Waals surface area contributed by atoms with Crippen molar-refractivity contribution in [1.29, 1.82) is 0 Å². The lowest BCUT2D eigenvalue weighted by atomic mass is 9.97. The van der Waals surface area contributed by atoms with Crippen molar-refractivity contribution in [3.05, 3.63) is 69.8 Å². The van der Waals surface area contributed by atoms with Crippen molar-refractivity contribution in [1.82, 2.24) is 0 Å². The van der Waals surface area contributed by atoms with E-state index in [9.17, 15) is 0 Å². The van der Waals surface area contributed by atoms with E-state index >= 15 is 0 Å². The fraction of sp³-hybridized carbons (Fsp3) is 0.417.